The third-order valence-corrected chi connectivity index (χ3v) is 8.82. The van der Waals surface area contributed by atoms with Gasteiger partial charge in [-0.05, 0) is 108 Å². The molecule has 0 N–H and O–H groups in total. The molecule has 0 aliphatic heterocycles. The van der Waals surface area contributed by atoms with Crippen LogP contribution >= 0.6 is 0 Å². The molecule has 3 aromatic rings. The second-order valence-electron chi connectivity index (χ2n) is 10.8. The first-order valence-electron chi connectivity index (χ1n) is 13.3. The number of rotatable bonds is 5. The summed E-state index contributed by atoms with van der Waals surface area (Å²) in [4.78, 5) is 13.2. The lowest BCUT2D eigenvalue weighted by Gasteiger charge is -2.32. The van der Waals surface area contributed by atoms with Crippen LogP contribution in [0.25, 0.3) is 22.8 Å². The molecule has 1 aromatic heterocycles. The van der Waals surface area contributed by atoms with Gasteiger partial charge in [0.25, 0.3) is 0 Å². The maximum Gasteiger partial charge on any atom is 0.140 e. The van der Waals surface area contributed by atoms with Gasteiger partial charge in [-0.25, -0.2) is 0 Å². The standard InChI is InChI=1S/C33H34O2/c1-22(33-13-6-18-35-33)23-14-16-24(17-15-23)28-20-31(32(34)21-28)27-10-4-9-26(19-27)30-12-5-8-25-7-2-3-11-29(25)30/h3-6,8-13,18-19,23-24,28,31H,1-2,7,14-17,20-21H2. The van der Waals surface area contributed by atoms with Gasteiger partial charge in [-0.2, -0.15) is 0 Å². The van der Waals surface area contributed by atoms with Gasteiger partial charge in [0.2, 0.25) is 0 Å². The number of carbonyl (C=O) groups excluding carboxylic acids is 1. The van der Waals surface area contributed by atoms with Crippen LogP contribution in [0, 0.1) is 17.8 Å². The van der Waals surface area contributed by atoms with Crippen molar-refractivity contribution in [2.24, 2.45) is 17.8 Å². The van der Waals surface area contributed by atoms with Crippen molar-refractivity contribution in [3.63, 3.8) is 0 Å². The van der Waals surface area contributed by atoms with Gasteiger partial charge in [0.1, 0.15) is 11.5 Å². The third-order valence-electron chi connectivity index (χ3n) is 8.82. The van der Waals surface area contributed by atoms with Crippen LogP contribution in [0.15, 0.2) is 77.9 Å². The quantitative estimate of drug-likeness (QED) is 0.380. The maximum atomic E-state index is 13.2. The van der Waals surface area contributed by atoms with Crippen molar-refractivity contribution in [2.45, 2.75) is 57.3 Å². The number of allylic oxidation sites excluding steroid dienone is 2. The van der Waals surface area contributed by atoms with Crippen molar-refractivity contribution in [2.75, 3.05) is 0 Å². The van der Waals surface area contributed by atoms with Crippen LogP contribution in [0.3, 0.4) is 0 Å². The molecule has 2 nitrogen and oxygen atoms in total. The molecular formula is C33H34O2. The number of fused-ring (bicyclic) bond motifs is 1. The molecule has 6 rings (SSSR count). The molecule has 0 amide bonds. The van der Waals surface area contributed by atoms with Crippen LogP contribution in [-0.2, 0) is 11.2 Å². The van der Waals surface area contributed by atoms with E-state index in [4.69, 9.17) is 4.42 Å². The Morgan fingerprint density at radius 1 is 0.943 bits per heavy atom. The van der Waals surface area contributed by atoms with Crippen LogP contribution in [0.1, 0.15) is 73.3 Å². The molecule has 35 heavy (non-hydrogen) atoms. The van der Waals surface area contributed by atoms with Gasteiger partial charge >= 0.3 is 0 Å². The fourth-order valence-electron chi connectivity index (χ4n) is 6.84. The second-order valence-corrected chi connectivity index (χ2v) is 10.8. The Morgan fingerprint density at radius 2 is 1.80 bits per heavy atom. The third kappa shape index (κ3) is 4.35. The number of hydrogen-bond acceptors (Lipinski definition) is 2. The Labute approximate surface area is 208 Å². The van der Waals surface area contributed by atoms with Gasteiger partial charge in [0.15, 0.2) is 0 Å². The van der Waals surface area contributed by atoms with E-state index in [0.29, 0.717) is 23.5 Å². The Kier molecular flexibility index (Phi) is 6.06. The predicted molar refractivity (Wildman–Crippen MR) is 143 cm³/mol. The van der Waals surface area contributed by atoms with Crippen molar-refractivity contribution in [1.29, 1.82) is 0 Å². The van der Waals surface area contributed by atoms with Crippen molar-refractivity contribution >= 4 is 17.4 Å². The molecule has 2 saturated carbocycles. The zero-order valence-electron chi connectivity index (χ0n) is 20.4. The van der Waals surface area contributed by atoms with Crippen molar-refractivity contribution < 1.29 is 9.21 Å². The zero-order valence-corrected chi connectivity index (χ0v) is 20.4. The van der Waals surface area contributed by atoms with E-state index in [1.54, 1.807) is 6.26 Å². The Morgan fingerprint density at radius 3 is 2.63 bits per heavy atom. The van der Waals surface area contributed by atoms with E-state index in [9.17, 15) is 4.79 Å². The summed E-state index contributed by atoms with van der Waals surface area (Å²) in [7, 11) is 0. The lowest BCUT2D eigenvalue weighted by atomic mass is 9.72. The normalized spacial score (nSPS) is 26.0. The van der Waals surface area contributed by atoms with Crippen LogP contribution in [0.4, 0.5) is 0 Å². The number of carbonyl (C=O) groups is 1. The fraction of sp³-hybridized carbons (Fsp3) is 0.364. The molecule has 2 heteroatoms. The van der Waals surface area contributed by atoms with Crippen molar-refractivity contribution in [3.8, 4) is 11.1 Å². The first-order chi connectivity index (χ1) is 17.2. The van der Waals surface area contributed by atoms with Gasteiger partial charge < -0.3 is 4.42 Å². The van der Waals surface area contributed by atoms with E-state index in [1.165, 1.54) is 40.7 Å². The average molecular weight is 463 g/mol. The first-order valence-corrected chi connectivity index (χ1v) is 13.3. The lowest BCUT2D eigenvalue weighted by Crippen LogP contribution is -2.21. The van der Waals surface area contributed by atoms with Crippen LogP contribution in [0.2, 0.25) is 0 Å². The van der Waals surface area contributed by atoms with E-state index in [-0.39, 0.29) is 5.92 Å². The molecule has 2 atom stereocenters. The van der Waals surface area contributed by atoms with E-state index >= 15 is 0 Å². The van der Waals surface area contributed by atoms with E-state index in [0.717, 1.165) is 49.9 Å². The van der Waals surface area contributed by atoms with E-state index < -0.39 is 0 Å². The molecule has 2 fully saturated rings. The number of benzene rings is 2. The molecule has 2 aromatic carbocycles. The molecule has 0 bridgehead atoms. The molecule has 178 valence electrons. The smallest absolute Gasteiger partial charge is 0.140 e. The number of hydrogen-bond donors (Lipinski definition) is 0. The van der Waals surface area contributed by atoms with Crippen molar-refractivity contribution in [3.05, 3.63) is 96.0 Å². The molecule has 0 radical (unpaired) electrons. The summed E-state index contributed by atoms with van der Waals surface area (Å²) in [6, 6.07) is 19.4. The Hall–Kier alpha value is -3.13. The van der Waals surface area contributed by atoms with Crippen molar-refractivity contribution in [1.82, 2.24) is 0 Å². The number of Topliss-reactive ketones (excluding diaryl/α,β-unsaturated/α-hetero) is 1. The van der Waals surface area contributed by atoms with E-state index in [1.807, 2.05) is 12.1 Å². The Bertz CT molecular complexity index is 1250. The average Bonchev–Trinajstić information content (AvgIpc) is 3.58. The predicted octanol–water partition coefficient (Wildman–Crippen LogP) is 8.49. The summed E-state index contributed by atoms with van der Waals surface area (Å²) in [5.41, 5.74) is 7.64. The van der Waals surface area contributed by atoms with Crippen LogP contribution in [-0.4, -0.2) is 5.78 Å². The molecule has 3 aliphatic rings. The summed E-state index contributed by atoms with van der Waals surface area (Å²) in [6.45, 7) is 4.32. The summed E-state index contributed by atoms with van der Waals surface area (Å²) in [6.07, 6.45) is 14.9. The Balaban J connectivity index is 1.15. The highest BCUT2D eigenvalue weighted by atomic mass is 16.3. The van der Waals surface area contributed by atoms with Gasteiger partial charge in [-0.3, -0.25) is 4.79 Å². The number of furan rings is 1. The van der Waals surface area contributed by atoms with Crippen LogP contribution in [0.5, 0.6) is 0 Å². The highest BCUT2D eigenvalue weighted by molar-refractivity contribution is 5.89. The van der Waals surface area contributed by atoms with Gasteiger partial charge in [0, 0.05) is 12.3 Å². The zero-order chi connectivity index (χ0) is 23.8. The minimum atomic E-state index is 0.0471. The highest BCUT2D eigenvalue weighted by Gasteiger charge is 2.39. The minimum absolute atomic E-state index is 0.0471. The topological polar surface area (TPSA) is 30.2 Å². The molecule has 0 saturated heterocycles. The molecule has 2 unspecified atom stereocenters. The SMILES string of the molecule is C=C(c1ccco1)C1CCC(C2CC(=O)C(c3cccc(-c4cccc5c4C=CCC5)c3)C2)CC1. The number of aryl methyl sites for hydroxylation is 1. The summed E-state index contributed by atoms with van der Waals surface area (Å²) in [5.74, 6) is 3.09. The van der Waals surface area contributed by atoms with Gasteiger partial charge in [-0.15, -0.1) is 0 Å². The molecular weight excluding hydrogens is 428 g/mol. The second kappa shape index (κ2) is 9.49. The number of ketones is 1. The summed E-state index contributed by atoms with van der Waals surface area (Å²) in [5, 5.41) is 0. The van der Waals surface area contributed by atoms with Gasteiger partial charge in [-0.1, -0.05) is 61.2 Å². The molecule has 1 heterocycles. The summed E-state index contributed by atoms with van der Waals surface area (Å²) < 4.78 is 5.58. The highest BCUT2D eigenvalue weighted by Crippen LogP contribution is 2.47. The van der Waals surface area contributed by atoms with Gasteiger partial charge in [0.05, 0.1) is 6.26 Å². The minimum Gasteiger partial charge on any atom is -0.465 e. The maximum absolute atomic E-state index is 13.2. The van der Waals surface area contributed by atoms with E-state index in [2.05, 4.69) is 61.2 Å². The summed E-state index contributed by atoms with van der Waals surface area (Å²) >= 11 is 0. The fourth-order valence-corrected chi connectivity index (χ4v) is 6.84. The van der Waals surface area contributed by atoms with Crippen LogP contribution < -0.4 is 0 Å². The molecule has 3 aliphatic carbocycles. The lowest BCUT2D eigenvalue weighted by molar-refractivity contribution is -0.118. The first kappa shape index (κ1) is 22.3. The monoisotopic (exact) mass is 462 g/mol. The largest absolute Gasteiger partial charge is 0.465 e. The molecule has 0 spiro atoms.